The largest absolute Gasteiger partial charge is 0.478 e. The molecule has 2 rings (SSSR count). The van der Waals surface area contributed by atoms with E-state index in [1.165, 1.54) is 12.1 Å². The lowest BCUT2D eigenvalue weighted by atomic mass is 10.2. The Kier molecular flexibility index (Phi) is 3.53. The van der Waals surface area contributed by atoms with E-state index in [0.29, 0.717) is 16.5 Å². The highest BCUT2D eigenvalue weighted by atomic mass is 35.5. The summed E-state index contributed by atoms with van der Waals surface area (Å²) in [5.41, 5.74) is 1.15. The number of hydrogen-bond donors (Lipinski definition) is 1. The van der Waals surface area contributed by atoms with Crippen LogP contribution >= 0.6 is 11.6 Å². The highest BCUT2D eigenvalue weighted by molar-refractivity contribution is 6.30. The smallest absolute Gasteiger partial charge is 0.335 e. The van der Waals surface area contributed by atoms with Gasteiger partial charge in [0.15, 0.2) is 0 Å². The number of rotatable bonds is 3. The third-order valence-electron chi connectivity index (χ3n) is 2.47. The van der Waals surface area contributed by atoms with Gasteiger partial charge in [0.2, 0.25) is 0 Å². The Hall–Kier alpha value is -2.00. The number of ether oxygens (including phenoxy) is 1. The van der Waals surface area contributed by atoms with Gasteiger partial charge < -0.3 is 9.84 Å². The molecule has 0 unspecified atom stereocenters. The molecular formula is C14H11ClO3. The zero-order valence-electron chi connectivity index (χ0n) is 9.68. The predicted octanol–water partition coefficient (Wildman–Crippen LogP) is 4.14. The lowest BCUT2D eigenvalue weighted by Gasteiger charge is -2.09. The van der Waals surface area contributed by atoms with E-state index < -0.39 is 5.97 Å². The molecule has 2 aromatic rings. The Bertz CT molecular complexity index is 576. The molecule has 0 heterocycles. The van der Waals surface area contributed by atoms with Crippen LogP contribution in [0.25, 0.3) is 0 Å². The maximum Gasteiger partial charge on any atom is 0.335 e. The van der Waals surface area contributed by atoms with Crippen molar-refractivity contribution in [2.45, 2.75) is 6.92 Å². The number of benzene rings is 2. The number of aryl methyl sites for hydroxylation is 1. The van der Waals surface area contributed by atoms with Crippen molar-refractivity contribution >= 4 is 17.6 Å². The number of aromatic carboxylic acids is 1. The molecule has 4 heteroatoms. The van der Waals surface area contributed by atoms with E-state index in [-0.39, 0.29) is 5.56 Å². The molecule has 92 valence electrons. The lowest BCUT2D eigenvalue weighted by molar-refractivity contribution is 0.0697. The first-order chi connectivity index (χ1) is 8.56. The molecule has 0 aromatic heterocycles. The summed E-state index contributed by atoms with van der Waals surface area (Å²) in [5, 5.41) is 9.44. The average Bonchev–Trinajstić information content (AvgIpc) is 2.33. The Morgan fingerprint density at radius 2 is 1.83 bits per heavy atom. The van der Waals surface area contributed by atoms with Crippen molar-refractivity contribution in [3.05, 3.63) is 58.6 Å². The zero-order chi connectivity index (χ0) is 13.1. The van der Waals surface area contributed by atoms with Crippen molar-refractivity contribution in [1.29, 1.82) is 0 Å². The summed E-state index contributed by atoms with van der Waals surface area (Å²) in [4.78, 5) is 10.7. The highest BCUT2D eigenvalue weighted by Crippen LogP contribution is 2.27. The molecule has 2 aromatic carbocycles. The van der Waals surface area contributed by atoms with E-state index in [2.05, 4.69) is 0 Å². The van der Waals surface area contributed by atoms with Crippen molar-refractivity contribution in [2.75, 3.05) is 0 Å². The van der Waals surface area contributed by atoms with Gasteiger partial charge in [-0.2, -0.15) is 0 Å². The van der Waals surface area contributed by atoms with E-state index in [4.69, 9.17) is 21.4 Å². The van der Waals surface area contributed by atoms with Crippen LogP contribution in [0.2, 0.25) is 5.02 Å². The van der Waals surface area contributed by atoms with Gasteiger partial charge in [-0.05, 0) is 55.0 Å². The first kappa shape index (κ1) is 12.5. The summed E-state index contributed by atoms with van der Waals surface area (Å²) in [7, 11) is 0. The molecule has 3 nitrogen and oxygen atoms in total. The zero-order valence-corrected chi connectivity index (χ0v) is 10.4. The second-order valence-electron chi connectivity index (χ2n) is 3.84. The third kappa shape index (κ3) is 2.81. The average molecular weight is 263 g/mol. The summed E-state index contributed by atoms with van der Waals surface area (Å²) in [5.74, 6) is 0.331. The summed E-state index contributed by atoms with van der Waals surface area (Å²) < 4.78 is 5.65. The van der Waals surface area contributed by atoms with E-state index in [1.54, 1.807) is 24.3 Å². The lowest BCUT2D eigenvalue weighted by Crippen LogP contribution is -1.95. The maximum atomic E-state index is 10.7. The second-order valence-corrected chi connectivity index (χ2v) is 4.28. The Labute approximate surface area is 110 Å². The monoisotopic (exact) mass is 262 g/mol. The molecule has 0 aliphatic carbocycles. The number of carboxylic acid groups (broad SMARTS) is 1. The third-order valence-corrected chi connectivity index (χ3v) is 2.70. The Morgan fingerprint density at radius 1 is 1.17 bits per heavy atom. The summed E-state index contributed by atoms with van der Waals surface area (Å²) in [6.07, 6.45) is 0. The molecule has 0 amide bonds. The molecule has 0 saturated heterocycles. The summed E-state index contributed by atoms with van der Waals surface area (Å²) >= 11 is 5.85. The molecule has 0 fully saturated rings. The minimum Gasteiger partial charge on any atom is -0.478 e. The Balaban J connectivity index is 2.21. The summed E-state index contributed by atoms with van der Waals surface area (Å²) in [6.45, 7) is 1.90. The van der Waals surface area contributed by atoms with E-state index >= 15 is 0 Å². The molecule has 0 spiro atoms. The number of halogens is 1. The van der Waals surface area contributed by atoms with E-state index in [0.717, 1.165) is 5.56 Å². The van der Waals surface area contributed by atoms with Gasteiger partial charge in [0.05, 0.1) is 5.56 Å². The highest BCUT2D eigenvalue weighted by Gasteiger charge is 2.05. The topological polar surface area (TPSA) is 46.5 Å². The molecule has 0 saturated carbocycles. The standard InChI is InChI=1S/C14H11ClO3/c1-9-8-11(15)4-7-13(9)18-12-5-2-10(3-6-12)14(16)17/h2-8H,1H3,(H,16,17). The Morgan fingerprint density at radius 3 is 2.39 bits per heavy atom. The van der Waals surface area contributed by atoms with Gasteiger partial charge in [-0.1, -0.05) is 11.6 Å². The quantitative estimate of drug-likeness (QED) is 0.904. The fraction of sp³-hybridized carbons (Fsp3) is 0.0714. The van der Waals surface area contributed by atoms with Gasteiger partial charge in [0.1, 0.15) is 11.5 Å². The molecule has 18 heavy (non-hydrogen) atoms. The van der Waals surface area contributed by atoms with Crippen LogP contribution in [0.1, 0.15) is 15.9 Å². The normalized spacial score (nSPS) is 10.1. The molecular weight excluding hydrogens is 252 g/mol. The minimum absolute atomic E-state index is 0.232. The molecule has 0 aliphatic heterocycles. The fourth-order valence-corrected chi connectivity index (χ4v) is 1.75. The first-order valence-corrected chi connectivity index (χ1v) is 5.71. The fourth-order valence-electron chi connectivity index (χ4n) is 1.52. The van der Waals surface area contributed by atoms with Crippen LogP contribution < -0.4 is 4.74 Å². The van der Waals surface area contributed by atoms with Crippen molar-refractivity contribution in [1.82, 2.24) is 0 Å². The predicted molar refractivity (Wildman–Crippen MR) is 69.7 cm³/mol. The number of carbonyl (C=O) groups is 1. The van der Waals surface area contributed by atoms with Crippen LogP contribution in [0.5, 0.6) is 11.5 Å². The van der Waals surface area contributed by atoms with Gasteiger partial charge in [0.25, 0.3) is 0 Å². The molecule has 1 N–H and O–H groups in total. The van der Waals surface area contributed by atoms with Crippen molar-refractivity contribution in [3.63, 3.8) is 0 Å². The van der Waals surface area contributed by atoms with Crippen molar-refractivity contribution in [2.24, 2.45) is 0 Å². The van der Waals surface area contributed by atoms with Gasteiger partial charge >= 0.3 is 5.97 Å². The van der Waals surface area contributed by atoms with Crippen LogP contribution in [0.4, 0.5) is 0 Å². The van der Waals surface area contributed by atoms with E-state index in [1.807, 2.05) is 13.0 Å². The van der Waals surface area contributed by atoms with Crippen LogP contribution in [0, 0.1) is 6.92 Å². The first-order valence-electron chi connectivity index (χ1n) is 5.33. The number of hydrogen-bond acceptors (Lipinski definition) is 2. The van der Waals surface area contributed by atoms with Crippen LogP contribution in [0.15, 0.2) is 42.5 Å². The van der Waals surface area contributed by atoms with Crippen LogP contribution in [-0.2, 0) is 0 Å². The summed E-state index contributed by atoms with van der Waals surface area (Å²) in [6, 6.07) is 11.6. The van der Waals surface area contributed by atoms with Crippen LogP contribution in [0.3, 0.4) is 0 Å². The molecule has 0 aliphatic rings. The van der Waals surface area contributed by atoms with Crippen LogP contribution in [-0.4, -0.2) is 11.1 Å². The second kappa shape index (κ2) is 5.10. The van der Waals surface area contributed by atoms with Crippen molar-refractivity contribution in [3.8, 4) is 11.5 Å². The van der Waals surface area contributed by atoms with E-state index in [9.17, 15) is 4.79 Å². The van der Waals surface area contributed by atoms with Gasteiger partial charge in [-0.15, -0.1) is 0 Å². The van der Waals surface area contributed by atoms with Gasteiger partial charge in [-0.3, -0.25) is 0 Å². The van der Waals surface area contributed by atoms with Gasteiger partial charge in [0, 0.05) is 5.02 Å². The van der Waals surface area contributed by atoms with Crippen molar-refractivity contribution < 1.29 is 14.6 Å². The number of carboxylic acids is 1. The molecule has 0 bridgehead atoms. The minimum atomic E-state index is -0.954. The van der Waals surface area contributed by atoms with Gasteiger partial charge in [-0.25, -0.2) is 4.79 Å². The molecule has 0 radical (unpaired) electrons. The molecule has 0 atom stereocenters. The maximum absolute atomic E-state index is 10.7. The SMILES string of the molecule is Cc1cc(Cl)ccc1Oc1ccc(C(=O)O)cc1.